The highest BCUT2D eigenvalue weighted by Gasteiger charge is 2.19. The lowest BCUT2D eigenvalue weighted by atomic mass is 10.1. The number of benzene rings is 1. The highest BCUT2D eigenvalue weighted by molar-refractivity contribution is 6.00. The third-order valence-corrected chi connectivity index (χ3v) is 3.42. The van der Waals surface area contributed by atoms with Crippen molar-refractivity contribution in [3.63, 3.8) is 0 Å². The molecule has 1 aromatic carbocycles. The maximum absolute atomic E-state index is 11.3. The zero-order valence-corrected chi connectivity index (χ0v) is 11.8. The first-order valence-corrected chi connectivity index (χ1v) is 7.02. The van der Waals surface area contributed by atoms with Gasteiger partial charge in [0.2, 0.25) is 5.91 Å². The van der Waals surface area contributed by atoms with Crippen LogP contribution in [0.1, 0.15) is 38.7 Å². The number of nitrogens with two attached hydrogens (primary N) is 1. The first-order chi connectivity index (χ1) is 9.06. The van der Waals surface area contributed by atoms with Crippen LogP contribution in [0.4, 0.5) is 17.1 Å². The normalized spacial score (nSPS) is 13.5. The van der Waals surface area contributed by atoms with Gasteiger partial charge >= 0.3 is 0 Å². The minimum absolute atomic E-state index is 0.0449. The predicted molar refractivity (Wildman–Crippen MR) is 80.4 cm³/mol. The summed E-state index contributed by atoms with van der Waals surface area (Å²) in [5.74, 6) is 0.809. The Hall–Kier alpha value is -1.71. The maximum atomic E-state index is 11.3. The molecule has 19 heavy (non-hydrogen) atoms. The lowest BCUT2D eigenvalue weighted by Crippen LogP contribution is -2.06. The molecule has 1 aliphatic heterocycles. The number of carbonyl (C=O) groups is 1. The molecule has 0 saturated carbocycles. The van der Waals surface area contributed by atoms with Crippen molar-refractivity contribution in [3.05, 3.63) is 17.7 Å². The van der Waals surface area contributed by atoms with Crippen molar-refractivity contribution in [3.8, 4) is 0 Å². The van der Waals surface area contributed by atoms with E-state index in [0.717, 1.165) is 41.5 Å². The smallest absolute Gasteiger partial charge is 0.228 e. The summed E-state index contributed by atoms with van der Waals surface area (Å²) in [5.41, 5.74) is 9.53. The van der Waals surface area contributed by atoms with E-state index in [-0.39, 0.29) is 5.91 Å². The van der Waals surface area contributed by atoms with Crippen molar-refractivity contribution in [2.24, 2.45) is 5.92 Å². The molecular formula is C15H23N3O. The molecule has 0 radical (unpaired) electrons. The molecular weight excluding hydrogens is 238 g/mol. The van der Waals surface area contributed by atoms with Gasteiger partial charge < -0.3 is 16.4 Å². The van der Waals surface area contributed by atoms with Gasteiger partial charge in [-0.15, -0.1) is 0 Å². The van der Waals surface area contributed by atoms with Crippen LogP contribution in [0.3, 0.4) is 0 Å². The van der Waals surface area contributed by atoms with Gasteiger partial charge in [-0.3, -0.25) is 4.79 Å². The fourth-order valence-corrected chi connectivity index (χ4v) is 2.35. The van der Waals surface area contributed by atoms with Gasteiger partial charge in [-0.1, -0.05) is 26.7 Å². The van der Waals surface area contributed by atoms with E-state index >= 15 is 0 Å². The van der Waals surface area contributed by atoms with Crippen LogP contribution in [0.15, 0.2) is 12.1 Å². The predicted octanol–water partition coefficient (Wildman–Crippen LogP) is 3.00. The molecule has 2 rings (SSSR count). The number of nitrogen functional groups attached to an aromatic ring is 1. The summed E-state index contributed by atoms with van der Waals surface area (Å²) in [5, 5.41) is 6.20. The molecule has 1 aromatic rings. The molecule has 1 amide bonds. The lowest BCUT2D eigenvalue weighted by molar-refractivity contribution is -0.115. The Bertz CT molecular complexity index is 469. The minimum Gasteiger partial charge on any atom is -0.397 e. The van der Waals surface area contributed by atoms with Gasteiger partial charge in [-0.05, 0) is 30.0 Å². The number of unbranched alkanes of at least 4 members (excludes halogenated alkanes) is 1. The molecule has 0 saturated heterocycles. The van der Waals surface area contributed by atoms with E-state index in [1.807, 2.05) is 12.1 Å². The van der Waals surface area contributed by atoms with Crippen LogP contribution in [-0.2, 0) is 11.2 Å². The Balaban J connectivity index is 1.87. The summed E-state index contributed by atoms with van der Waals surface area (Å²) in [6.45, 7) is 5.41. The molecule has 0 bridgehead atoms. The Kier molecular flexibility index (Phi) is 4.30. The zero-order valence-electron chi connectivity index (χ0n) is 11.8. The number of hydrogen-bond donors (Lipinski definition) is 3. The molecule has 4 nitrogen and oxygen atoms in total. The number of carbonyl (C=O) groups excluding carboxylic acids is 1. The first kappa shape index (κ1) is 13.7. The molecule has 0 aliphatic carbocycles. The van der Waals surface area contributed by atoms with Gasteiger partial charge in [0.15, 0.2) is 0 Å². The van der Waals surface area contributed by atoms with Gasteiger partial charge in [-0.25, -0.2) is 0 Å². The van der Waals surface area contributed by atoms with Gasteiger partial charge in [0.05, 0.1) is 17.8 Å². The lowest BCUT2D eigenvalue weighted by Gasteiger charge is -2.12. The van der Waals surface area contributed by atoms with E-state index in [9.17, 15) is 4.79 Å². The highest BCUT2D eigenvalue weighted by atomic mass is 16.1. The van der Waals surface area contributed by atoms with E-state index in [0.29, 0.717) is 6.42 Å². The van der Waals surface area contributed by atoms with Crippen LogP contribution in [-0.4, -0.2) is 12.5 Å². The highest BCUT2D eigenvalue weighted by Crippen LogP contribution is 2.31. The SMILES string of the molecule is CC(C)CCCCNc1cc2c(cc1N)CC(=O)N2. The van der Waals surface area contributed by atoms with Gasteiger partial charge in [0, 0.05) is 12.2 Å². The summed E-state index contributed by atoms with van der Waals surface area (Å²) in [6.07, 6.45) is 4.07. The van der Waals surface area contributed by atoms with Crippen molar-refractivity contribution in [2.45, 2.75) is 39.5 Å². The third kappa shape index (κ3) is 3.63. The summed E-state index contributed by atoms with van der Waals surface area (Å²) in [6, 6.07) is 3.84. The van der Waals surface area contributed by atoms with Crippen molar-refractivity contribution in [1.29, 1.82) is 0 Å². The molecule has 1 aliphatic rings. The van der Waals surface area contributed by atoms with Gasteiger partial charge in [-0.2, -0.15) is 0 Å². The minimum atomic E-state index is 0.0449. The van der Waals surface area contributed by atoms with Gasteiger partial charge in [0.1, 0.15) is 0 Å². The fraction of sp³-hybridized carbons (Fsp3) is 0.533. The van der Waals surface area contributed by atoms with Crippen LogP contribution >= 0.6 is 0 Å². The number of rotatable bonds is 6. The zero-order chi connectivity index (χ0) is 13.8. The van der Waals surface area contributed by atoms with Crippen molar-refractivity contribution in [2.75, 3.05) is 22.9 Å². The second-order valence-corrected chi connectivity index (χ2v) is 5.64. The topological polar surface area (TPSA) is 67.1 Å². The Morgan fingerprint density at radius 3 is 2.89 bits per heavy atom. The number of amides is 1. The molecule has 4 N–H and O–H groups in total. The molecule has 0 atom stereocenters. The summed E-state index contributed by atoms with van der Waals surface area (Å²) in [4.78, 5) is 11.3. The number of fused-ring (bicyclic) bond motifs is 1. The largest absolute Gasteiger partial charge is 0.397 e. The second-order valence-electron chi connectivity index (χ2n) is 5.64. The molecule has 4 heteroatoms. The van der Waals surface area contributed by atoms with E-state index in [4.69, 9.17) is 5.73 Å². The number of hydrogen-bond acceptors (Lipinski definition) is 3. The van der Waals surface area contributed by atoms with E-state index < -0.39 is 0 Å². The number of nitrogens with one attached hydrogen (secondary N) is 2. The Morgan fingerprint density at radius 2 is 2.16 bits per heavy atom. The van der Waals surface area contributed by atoms with Crippen LogP contribution in [0.5, 0.6) is 0 Å². The third-order valence-electron chi connectivity index (χ3n) is 3.42. The fourth-order valence-electron chi connectivity index (χ4n) is 2.35. The second kappa shape index (κ2) is 5.95. The van der Waals surface area contributed by atoms with Crippen molar-refractivity contribution < 1.29 is 4.79 Å². The quantitative estimate of drug-likeness (QED) is 0.544. The monoisotopic (exact) mass is 261 g/mol. The maximum Gasteiger partial charge on any atom is 0.228 e. The van der Waals surface area contributed by atoms with E-state index in [1.54, 1.807) is 0 Å². The summed E-state index contributed by atoms with van der Waals surface area (Å²) < 4.78 is 0. The van der Waals surface area contributed by atoms with Crippen molar-refractivity contribution in [1.82, 2.24) is 0 Å². The van der Waals surface area contributed by atoms with E-state index in [1.165, 1.54) is 12.8 Å². The molecule has 0 unspecified atom stereocenters. The van der Waals surface area contributed by atoms with Crippen molar-refractivity contribution >= 4 is 23.0 Å². The molecule has 0 spiro atoms. The Morgan fingerprint density at radius 1 is 1.37 bits per heavy atom. The summed E-state index contributed by atoms with van der Waals surface area (Å²) >= 11 is 0. The molecule has 1 heterocycles. The standard InChI is InChI=1S/C15H23N3O/c1-10(2)5-3-4-6-17-14-9-13-11(7-12(14)16)8-15(19)18-13/h7,9-10,17H,3-6,8,16H2,1-2H3,(H,18,19). The van der Waals surface area contributed by atoms with Crippen LogP contribution in [0.25, 0.3) is 0 Å². The Labute approximate surface area is 114 Å². The van der Waals surface area contributed by atoms with Gasteiger partial charge in [0.25, 0.3) is 0 Å². The summed E-state index contributed by atoms with van der Waals surface area (Å²) in [7, 11) is 0. The molecule has 104 valence electrons. The van der Waals surface area contributed by atoms with Crippen LogP contribution < -0.4 is 16.4 Å². The average Bonchev–Trinajstić information content (AvgIpc) is 2.67. The van der Waals surface area contributed by atoms with Crippen LogP contribution in [0, 0.1) is 5.92 Å². The average molecular weight is 261 g/mol. The first-order valence-electron chi connectivity index (χ1n) is 7.02. The van der Waals surface area contributed by atoms with Crippen LogP contribution in [0.2, 0.25) is 0 Å². The number of anilines is 3. The van der Waals surface area contributed by atoms with E-state index in [2.05, 4.69) is 24.5 Å². The molecule has 0 fully saturated rings. The molecule has 0 aromatic heterocycles.